The highest BCUT2D eigenvalue weighted by molar-refractivity contribution is 14.1. The minimum atomic E-state index is 0.698. The number of rotatable bonds is 1. The van der Waals surface area contributed by atoms with Gasteiger partial charge in [-0.2, -0.15) is 0 Å². The van der Waals surface area contributed by atoms with E-state index < -0.39 is 0 Å². The fourth-order valence-electron chi connectivity index (χ4n) is 1.51. The van der Waals surface area contributed by atoms with Gasteiger partial charge in [0.05, 0.1) is 0 Å². The molecule has 0 aliphatic rings. The average Bonchev–Trinajstić information content (AvgIpc) is 2.16. The summed E-state index contributed by atoms with van der Waals surface area (Å²) in [5, 5.41) is 0. The molecule has 0 fully saturated rings. The summed E-state index contributed by atoms with van der Waals surface area (Å²) in [7, 11) is 0. The van der Waals surface area contributed by atoms with E-state index in [-0.39, 0.29) is 0 Å². The van der Waals surface area contributed by atoms with Crippen LogP contribution >= 0.6 is 22.6 Å². The van der Waals surface area contributed by atoms with E-state index in [0.29, 0.717) is 11.4 Å². The highest BCUT2D eigenvalue weighted by Gasteiger charge is 2.00. The maximum absolute atomic E-state index is 5.75. The number of benzene rings is 2. The summed E-state index contributed by atoms with van der Waals surface area (Å²) in [6.07, 6.45) is 0. The van der Waals surface area contributed by atoms with E-state index in [0.717, 1.165) is 11.1 Å². The fourth-order valence-corrected chi connectivity index (χ4v) is 2.05. The van der Waals surface area contributed by atoms with E-state index in [4.69, 9.17) is 11.5 Å². The molecule has 2 nitrogen and oxygen atoms in total. The quantitative estimate of drug-likeness (QED) is 0.628. The first-order valence-corrected chi connectivity index (χ1v) is 5.65. The molecule has 76 valence electrons. The molecule has 3 heteroatoms. The van der Waals surface area contributed by atoms with Gasteiger partial charge in [-0.25, -0.2) is 0 Å². The average molecular weight is 310 g/mol. The van der Waals surface area contributed by atoms with Gasteiger partial charge >= 0.3 is 0 Å². The Balaban J connectivity index is 2.54. The van der Waals surface area contributed by atoms with Crippen LogP contribution in [0.3, 0.4) is 0 Å². The fraction of sp³-hybridized carbons (Fsp3) is 0. The van der Waals surface area contributed by atoms with E-state index in [9.17, 15) is 0 Å². The van der Waals surface area contributed by atoms with Crippen molar-refractivity contribution in [2.45, 2.75) is 0 Å². The van der Waals surface area contributed by atoms with Crippen molar-refractivity contribution in [1.29, 1.82) is 0 Å². The molecule has 0 aliphatic heterocycles. The molecule has 15 heavy (non-hydrogen) atoms. The molecule has 0 atom stereocenters. The molecule has 2 rings (SSSR count). The Kier molecular flexibility index (Phi) is 2.81. The van der Waals surface area contributed by atoms with Gasteiger partial charge in [0.15, 0.2) is 0 Å². The van der Waals surface area contributed by atoms with Crippen LogP contribution in [-0.4, -0.2) is 0 Å². The zero-order valence-electron chi connectivity index (χ0n) is 8.07. The normalized spacial score (nSPS) is 10.2. The predicted molar refractivity (Wildman–Crippen MR) is 73.4 cm³/mol. The molecule has 0 aromatic heterocycles. The van der Waals surface area contributed by atoms with Crippen molar-refractivity contribution in [2.75, 3.05) is 11.5 Å². The van der Waals surface area contributed by atoms with Gasteiger partial charge < -0.3 is 11.5 Å². The number of nitrogens with two attached hydrogens (primary N) is 2. The first-order valence-electron chi connectivity index (χ1n) is 4.57. The summed E-state index contributed by atoms with van der Waals surface area (Å²) in [6.45, 7) is 0. The molecule has 4 N–H and O–H groups in total. The standard InChI is InChI=1S/C12H11IN2/c13-10-3-1-2-8(4-10)9-5-11(14)7-12(15)6-9/h1-7H,14-15H2. The van der Waals surface area contributed by atoms with Crippen LogP contribution in [0.5, 0.6) is 0 Å². The topological polar surface area (TPSA) is 52.0 Å². The third-order valence-electron chi connectivity index (χ3n) is 2.14. The molecule has 0 heterocycles. The van der Waals surface area contributed by atoms with Gasteiger partial charge in [-0.15, -0.1) is 0 Å². The Hall–Kier alpha value is -1.23. The van der Waals surface area contributed by atoms with E-state index >= 15 is 0 Å². The van der Waals surface area contributed by atoms with E-state index in [1.54, 1.807) is 6.07 Å². The summed E-state index contributed by atoms with van der Waals surface area (Å²) >= 11 is 2.29. The lowest BCUT2D eigenvalue weighted by atomic mass is 10.0. The zero-order valence-corrected chi connectivity index (χ0v) is 10.2. The van der Waals surface area contributed by atoms with Crippen LogP contribution in [0.2, 0.25) is 0 Å². The molecule has 0 bridgehead atoms. The summed E-state index contributed by atoms with van der Waals surface area (Å²) in [5.74, 6) is 0. The minimum Gasteiger partial charge on any atom is -0.399 e. The molecule has 2 aromatic carbocycles. The molecular weight excluding hydrogens is 299 g/mol. The second-order valence-electron chi connectivity index (χ2n) is 3.40. The van der Waals surface area contributed by atoms with Crippen LogP contribution < -0.4 is 11.5 Å². The van der Waals surface area contributed by atoms with Gasteiger partial charge in [-0.05, 0) is 64.0 Å². The molecule has 0 aliphatic carbocycles. The van der Waals surface area contributed by atoms with Crippen molar-refractivity contribution < 1.29 is 0 Å². The Morgan fingerprint density at radius 3 is 2.07 bits per heavy atom. The summed E-state index contributed by atoms with van der Waals surface area (Å²) in [6, 6.07) is 13.9. The third kappa shape index (κ3) is 2.41. The van der Waals surface area contributed by atoms with Gasteiger partial charge in [0.2, 0.25) is 0 Å². The van der Waals surface area contributed by atoms with Crippen molar-refractivity contribution in [3.8, 4) is 11.1 Å². The largest absolute Gasteiger partial charge is 0.399 e. The van der Waals surface area contributed by atoms with Gasteiger partial charge in [-0.1, -0.05) is 12.1 Å². The number of halogens is 1. The highest BCUT2D eigenvalue weighted by Crippen LogP contribution is 2.25. The lowest BCUT2D eigenvalue weighted by Gasteiger charge is -2.05. The molecule has 0 spiro atoms. The Labute approximate surface area is 102 Å². The van der Waals surface area contributed by atoms with E-state index in [1.165, 1.54) is 3.57 Å². The molecule has 0 saturated carbocycles. The van der Waals surface area contributed by atoms with Gasteiger partial charge in [-0.3, -0.25) is 0 Å². The third-order valence-corrected chi connectivity index (χ3v) is 2.81. The molecule has 0 radical (unpaired) electrons. The maximum Gasteiger partial charge on any atom is 0.0340 e. The van der Waals surface area contributed by atoms with Crippen LogP contribution in [-0.2, 0) is 0 Å². The lowest BCUT2D eigenvalue weighted by molar-refractivity contribution is 1.58. The van der Waals surface area contributed by atoms with Crippen molar-refractivity contribution in [3.63, 3.8) is 0 Å². The van der Waals surface area contributed by atoms with Crippen LogP contribution in [0, 0.1) is 3.57 Å². The minimum absolute atomic E-state index is 0.698. The maximum atomic E-state index is 5.75. The number of hydrogen-bond acceptors (Lipinski definition) is 2. The number of nitrogen functional groups attached to an aromatic ring is 2. The predicted octanol–water partition coefficient (Wildman–Crippen LogP) is 3.12. The van der Waals surface area contributed by atoms with Crippen molar-refractivity contribution in [2.24, 2.45) is 0 Å². The molecule has 2 aromatic rings. The Morgan fingerprint density at radius 2 is 1.47 bits per heavy atom. The molecule has 0 saturated heterocycles. The van der Waals surface area contributed by atoms with Gasteiger partial charge in [0, 0.05) is 14.9 Å². The van der Waals surface area contributed by atoms with Gasteiger partial charge in [0.25, 0.3) is 0 Å². The second-order valence-corrected chi connectivity index (χ2v) is 4.64. The Bertz CT molecular complexity index is 474. The lowest BCUT2D eigenvalue weighted by Crippen LogP contribution is -1.91. The van der Waals surface area contributed by atoms with Crippen LogP contribution in [0.4, 0.5) is 11.4 Å². The molecular formula is C12H11IN2. The van der Waals surface area contributed by atoms with Crippen molar-refractivity contribution >= 4 is 34.0 Å². The first-order chi connectivity index (χ1) is 7.15. The van der Waals surface area contributed by atoms with Gasteiger partial charge in [0.1, 0.15) is 0 Å². The molecule has 0 unspecified atom stereocenters. The number of anilines is 2. The first kappa shape index (κ1) is 10.3. The van der Waals surface area contributed by atoms with Crippen LogP contribution in [0.25, 0.3) is 11.1 Å². The summed E-state index contributed by atoms with van der Waals surface area (Å²) in [4.78, 5) is 0. The van der Waals surface area contributed by atoms with Crippen molar-refractivity contribution in [3.05, 3.63) is 46.0 Å². The monoisotopic (exact) mass is 310 g/mol. The van der Waals surface area contributed by atoms with Crippen molar-refractivity contribution in [1.82, 2.24) is 0 Å². The zero-order chi connectivity index (χ0) is 10.8. The smallest absolute Gasteiger partial charge is 0.0340 e. The summed E-state index contributed by atoms with van der Waals surface area (Å²) in [5.41, 5.74) is 15.1. The molecule has 0 amide bonds. The second kappa shape index (κ2) is 4.10. The van der Waals surface area contributed by atoms with E-state index in [1.807, 2.05) is 18.2 Å². The van der Waals surface area contributed by atoms with Crippen LogP contribution in [0.1, 0.15) is 0 Å². The SMILES string of the molecule is Nc1cc(N)cc(-c2cccc(I)c2)c1. The van der Waals surface area contributed by atoms with E-state index in [2.05, 4.69) is 40.8 Å². The van der Waals surface area contributed by atoms with Crippen LogP contribution in [0.15, 0.2) is 42.5 Å². The highest BCUT2D eigenvalue weighted by atomic mass is 127. The summed E-state index contributed by atoms with van der Waals surface area (Å²) < 4.78 is 1.20. The Morgan fingerprint density at radius 1 is 0.800 bits per heavy atom. The number of hydrogen-bond donors (Lipinski definition) is 2.